The van der Waals surface area contributed by atoms with Gasteiger partial charge < -0.3 is 5.32 Å². The highest BCUT2D eigenvalue weighted by atomic mass is 14.9. The fraction of sp³-hybridized carbons (Fsp3) is 0.478. The van der Waals surface area contributed by atoms with Gasteiger partial charge in [0.15, 0.2) is 0 Å². The fourth-order valence-corrected chi connectivity index (χ4v) is 3.56. The first-order valence-electron chi connectivity index (χ1n) is 8.98. The molecule has 0 aliphatic carbocycles. The molecule has 1 heteroatoms. The van der Waals surface area contributed by atoms with Crippen LogP contribution < -0.4 is 5.32 Å². The van der Waals surface area contributed by atoms with Crippen molar-refractivity contribution in [3.05, 3.63) is 58.7 Å². The van der Waals surface area contributed by atoms with Crippen molar-refractivity contribution in [3.63, 3.8) is 0 Å². The zero-order valence-corrected chi connectivity index (χ0v) is 16.5. The minimum Gasteiger partial charge on any atom is -0.355 e. The van der Waals surface area contributed by atoms with E-state index >= 15 is 0 Å². The van der Waals surface area contributed by atoms with E-state index in [1.807, 2.05) is 0 Å². The molecule has 1 N–H and O–H groups in total. The average molecular weight is 322 g/mol. The SMILES string of the molecule is CC(C)(C)c1ccc2c(c1)C(C)(C)c1cc(C(C)(C)C)ccc1N2. The molecule has 0 fully saturated rings. The van der Waals surface area contributed by atoms with Crippen LogP contribution >= 0.6 is 0 Å². The van der Waals surface area contributed by atoms with Crippen molar-refractivity contribution in [1.29, 1.82) is 0 Å². The second kappa shape index (κ2) is 5.12. The van der Waals surface area contributed by atoms with Crippen LogP contribution in [0.1, 0.15) is 77.6 Å². The van der Waals surface area contributed by atoms with Crippen LogP contribution in [0.4, 0.5) is 11.4 Å². The predicted octanol–water partition coefficient (Wildman–Crippen LogP) is 6.66. The molecular formula is C23H31N. The molecule has 128 valence electrons. The Morgan fingerprint density at radius 2 is 1.04 bits per heavy atom. The predicted molar refractivity (Wildman–Crippen MR) is 106 cm³/mol. The molecule has 0 spiro atoms. The molecule has 0 aromatic heterocycles. The van der Waals surface area contributed by atoms with Gasteiger partial charge in [0.25, 0.3) is 0 Å². The van der Waals surface area contributed by atoms with Crippen LogP contribution in [0.15, 0.2) is 36.4 Å². The largest absolute Gasteiger partial charge is 0.355 e. The zero-order valence-electron chi connectivity index (χ0n) is 16.5. The van der Waals surface area contributed by atoms with Crippen LogP contribution in [0.2, 0.25) is 0 Å². The van der Waals surface area contributed by atoms with Crippen molar-refractivity contribution < 1.29 is 0 Å². The van der Waals surface area contributed by atoms with E-state index in [1.165, 1.54) is 33.6 Å². The summed E-state index contributed by atoms with van der Waals surface area (Å²) in [5.74, 6) is 0. The van der Waals surface area contributed by atoms with E-state index in [4.69, 9.17) is 0 Å². The standard InChI is InChI=1S/C23H31N/c1-21(2,3)15-9-11-19-17(13-15)23(7,8)18-14-16(22(4,5)6)10-12-20(18)24-19/h9-14,24H,1-8H3. The summed E-state index contributed by atoms with van der Waals surface area (Å²) in [6, 6.07) is 13.8. The fourth-order valence-electron chi connectivity index (χ4n) is 3.56. The van der Waals surface area contributed by atoms with Crippen molar-refractivity contribution in [2.75, 3.05) is 5.32 Å². The zero-order chi connectivity index (χ0) is 17.9. The van der Waals surface area contributed by atoms with Crippen molar-refractivity contribution in [2.45, 2.75) is 71.6 Å². The third-order valence-electron chi connectivity index (χ3n) is 5.39. The molecule has 2 aromatic carbocycles. The molecule has 0 atom stereocenters. The summed E-state index contributed by atoms with van der Waals surface area (Å²) in [7, 11) is 0. The Labute approximate surface area is 147 Å². The molecule has 2 aromatic rings. The Hall–Kier alpha value is -1.76. The summed E-state index contributed by atoms with van der Waals surface area (Å²) in [6.45, 7) is 18.4. The Balaban J connectivity index is 2.18. The van der Waals surface area contributed by atoms with Crippen molar-refractivity contribution >= 4 is 11.4 Å². The second-order valence-electron chi connectivity index (χ2n) is 9.77. The molecule has 0 unspecified atom stereocenters. The van der Waals surface area contributed by atoms with E-state index in [-0.39, 0.29) is 16.2 Å². The Morgan fingerprint density at radius 3 is 1.38 bits per heavy atom. The van der Waals surface area contributed by atoms with E-state index in [0.717, 1.165) is 0 Å². The lowest BCUT2D eigenvalue weighted by molar-refractivity contribution is 0.575. The molecule has 1 nitrogen and oxygen atoms in total. The van der Waals surface area contributed by atoms with Gasteiger partial charge in [-0.15, -0.1) is 0 Å². The first-order valence-corrected chi connectivity index (χ1v) is 8.98. The molecule has 24 heavy (non-hydrogen) atoms. The lowest BCUT2D eigenvalue weighted by Crippen LogP contribution is -2.28. The van der Waals surface area contributed by atoms with Crippen LogP contribution in [-0.2, 0) is 16.2 Å². The van der Waals surface area contributed by atoms with Gasteiger partial charge in [-0.3, -0.25) is 0 Å². The van der Waals surface area contributed by atoms with Crippen LogP contribution in [0.3, 0.4) is 0 Å². The molecular weight excluding hydrogens is 290 g/mol. The van der Waals surface area contributed by atoms with E-state index in [2.05, 4.69) is 97.1 Å². The Morgan fingerprint density at radius 1 is 0.667 bits per heavy atom. The minimum atomic E-state index is -0.00155. The number of hydrogen-bond donors (Lipinski definition) is 1. The number of anilines is 2. The lowest BCUT2D eigenvalue weighted by Gasteiger charge is -2.38. The van der Waals surface area contributed by atoms with Crippen LogP contribution in [0, 0.1) is 0 Å². The maximum absolute atomic E-state index is 3.65. The third kappa shape index (κ3) is 2.75. The normalized spacial score (nSPS) is 16.2. The van der Waals surface area contributed by atoms with Gasteiger partial charge in [-0.1, -0.05) is 79.7 Å². The van der Waals surface area contributed by atoms with Crippen molar-refractivity contribution in [2.24, 2.45) is 0 Å². The van der Waals surface area contributed by atoms with E-state index in [9.17, 15) is 0 Å². The van der Waals surface area contributed by atoms with Gasteiger partial charge in [-0.05, 0) is 45.2 Å². The van der Waals surface area contributed by atoms with Gasteiger partial charge in [0, 0.05) is 16.8 Å². The minimum absolute atomic E-state index is 0.00155. The molecule has 0 saturated heterocycles. The summed E-state index contributed by atoms with van der Waals surface area (Å²) >= 11 is 0. The smallest absolute Gasteiger partial charge is 0.0426 e. The van der Waals surface area contributed by atoms with Gasteiger partial charge in [0.2, 0.25) is 0 Å². The molecule has 0 amide bonds. The number of rotatable bonds is 0. The highest BCUT2D eigenvalue weighted by molar-refractivity contribution is 5.76. The Bertz CT molecular complexity index is 717. The first kappa shape index (κ1) is 17.1. The van der Waals surface area contributed by atoms with E-state index < -0.39 is 0 Å². The van der Waals surface area contributed by atoms with Crippen LogP contribution in [0.5, 0.6) is 0 Å². The topological polar surface area (TPSA) is 12.0 Å². The number of nitrogens with one attached hydrogen (secondary N) is 1. The van der Waals surface area contributed by atoms with E-state index in [1.54, 1.807) is 0 Å². The summed E-state index contributed by atoms with van der Waals surface area (Å²) in [5.41, 5.74) is 8.39. The molecule has 1 heterocycles. The lowest BCUT2D eigenvalue weighted by atomic mass is 9.71. The van der Waals surface area contributed by atoms with E-state index in [0.29, 0.717) is 0 Å². The second-order valence-corrected chi connectivity index (χ2v) is 9.77. The molecule has 3 rings (SSSR count). The molecule has 1 aliphatic heterocycles. The highest BCUT2D eigenvalue weighted by Gasteiger charge is 2.34. The highest BCUT2D eigenvalue weighted by Crippen LogP contribution is 2.47. The van der Waals surface area contributed by atoms with Gasteiger partial charge in [-0.2, -0.15) is 0 Å². The molecule has 0 saturated carbocycles. The van der Waals surface area contributed by atoms with Crippen LogP contribution in [0.25, 0.3) is 0 Å². The van der Waals surface area contributed by atoms with Crippen molar-refractivity contribution in [1.82, 2.24) is 0 Å². The summed E-state index contributed by atoms with van der Waals surface area (Å²) in [6.07, 6.45) is 0. The van der Waals surface area contributed by atoms with Gasteiger partial charge in [0.05, 0.1) is 0 Å². The molecule has 1 aliphatic rings. The molecule has 0 radical (unpaired) electrons. The van der Waals surface area contributed by atoms with Gasteiger partial charge in [0.1, 0.15) is 0 Å². The summed E-state index contributed by atoms with van der Waals surface area (Å²) < 4.78 is 0. The summed E-state index contributed by atoms with van der Waals surface area (Å²) in [4.78, 5) is 0. The number of benzene rings is 2. The third-order valence-corrected chi connectivity index (χ3v) is 5.39. The maximum atomic E-state index is 3.65. The monoisotopic (exact) mass is 321 g/mol. The number of fused-ring (bicyclic) bond motifs is 2. The van der Waals surface area contributed by atoms with Gasteiger partial charge in [-0.25, -0.2) is 0 Å². The maximum Gasteiger partial charge on any atom is 0.0426 e. The quantitative estimate of drug-likeness (QED) is 0.571. The summed E-state index contributed by atoms with van der Waals surface area (Å²) in [5, 5.41) is 3.65. The number of hydrogen-bond acceptors (Lipinski definition) is 1. The molecule has 0 bridgehead atoms. The van der Waals surface area contributed by atoms with Crippen molar-refractivity contribution in [3.8, 4) is 0 Å². The van der Waals surface area contributed by atoms with Crippen LogP contribution in [-0.4, -0.2) is 0 Å². The average Bonchev–Trinajstić information content (AvgIpc) is 2.44. The van der Waals surface area contributed by atoms with Gasteiger partial charge >= 0.3 is 0 Å². The first-order chi connectivity index (χ1) is 10.9. The Kier molecular flexibility index (Phi) is 3.64.